The lowest BCUT2D eigenvalue weighted by Crippen LogP contribution is -2.06. The van der Waals surface area contributed by atoms with Gasteiger partial charge in [0.2, 0.25) is 5.78 Å². The Morgan fingerprint density at radius 1 is 1.30 bits per heavy atom. The van der Waals surface area contributed by atoms with Gasteiger partial charge in [0.15, 0.2) is 0 Å². The second-order valence-electron chi connectivity index (χ2n) is 4.30. The number of aliphatic hydroxyl groups is 1. The van der Waals surface area contributed by atoms with Crippen molar-refractivity contribution in [2.75, 3.05) is 12.3 Å². The number of nitrogens with zero attached hydrogens (tertiary/aromatic N) is 3. The normalized spacial score (nSPS) is 10.8. The number of ketones is 1. The molecule has 2 aromatic heterocycles. The number of aliphatic hydroxyl groups excluding tert-OH is 1. The molecule has 100 valence electrons. The van der Waals surface area contributed by atoms with E-state index in [0.29, 0.717) is 16.7 Å². The number of para-hydroxylation sites is 1. The van der Waals surface area contributed by atoms with Crippen molar-refractivity contribution >= 4 is 22.5 Å². The average Bonchev–Trinajstić information content (AvgIpc) is 2.84. The van der Waals surface area contributed by atoms with E-state index in [1.165, 1.54) is 6.20 Å². The maximum Gasteiger partial charge on any atom is 0.206 e. The molecule has 2 heterocycles. The number of Topliss-reactive ketones (excluding diaryl/α,β-unsaturated/α-hetero) is 1. The number of nitrogen functional groups attached to an aromatic ring is 1. The van der Waals surface area contributed by atoms with Crippen molar-refractivity contribution in [3.05, 3.63) is 48.3 Å². The van der Waals surface area contributed by atoms with Crippen LogP contribution in [0.25, 0.3) is 16.6 Å². The van der Waals surface area contributed by atoms with E-state index in [0.717, 1.165) is 5.69 Å². The molecular weight excluding hydrogens is 256 g/mol. The molecular formula is C14H12N4O2. The highest BCUT2D eigenvalue weighted by molar-refractivity contribution is 6.00. The SMILES string of the molecule is Nc1c2cc(C(=O)CO)ncc2nn1-c1ccccc1. The summed E-state index contributed by atoms with van der Waals surface area (Å²) in [4.78, 5) is 15.4. The number of carbonyl (C=O) groups is 1. The van der Waals surface area contributed by atoms with E-state index in [-0.39, 0.29) is 5.69 Å². The lowest BCUT2D eigenvalue weighted by atomic mass is 10.2. The minimum Gasteiger partial charge on any atom is -0.388 e. The molecule has 0 unspecified atom stereocenters. The standard InChI is InChI=1S/C14H12N4O2/c15-14-10-6-11(13(20)8-19)16-7-12(10)17-18(14)9-4-2-1-3-5-9/h1-7,19H,8,15H2. The summed E-state index contributed by atoms with van der Waals surface area (Å²) in [6.45, 7) is -0.578. The first-order valence-corrected chi connectivity index (χ1v) is 6.04. The van der Waals surface area contributed by atoms with E-state index >= 15 is 0 Å². The van der Waals surface area contributed by atoms with Crippen LogP contribution in [-0.2, 0) is 0 Å². The lowest BCUT2D eigenvalue weighted by molar-refractivity contribution is 0.0899. The van der Waals surface area contributed by atoms with Crippen LogP contribution in [0.1, 0.15) is 10.5 Å². The van der Waals surface area contributed by atoms with Crippen LogP contribution in [0.5, 0.6) is 0 Å². The average molecular weight is 268 g/mol. The Kier molecular flexibility index (Phi) is 2.92. The van der Waals surface area contributed by atoms with E-state index < -0.39 is 12.4 Å². The predicted octanol–water partition coefficient (Wildman–Crippen LogP) is 1.18. The molecule has 0 aliphatic carbocycles. The zero-order chi connectivity index (χ0) is 14.1. The Morgan fingerprint density at radius 2 is 2.05 bits per heavy atom. The van der Waals surface area contributed by atoms with E-state index in [4.69, 9.17) is 10.8 Å². The van der Waals surface area contributed by atoms with Gasteiger partial charge >= 0.3 is 0 Å². The highest BCUT2D eigenvalue weighted by Crippen LogP contribution is 2.23. The van der Waals surface area contributed by atoms with Gasteiger partial charge in [-0.05, 0) is 18.2 Å². The first kappa shape index (κ1) is 12.3. The molecule has 0 spiro atoms. The molecule has 0 amide bonds. The molecule has 0 aliphatic rings. The molecule has 0 bridgehead atoms. The number of benzene rings is 1. The molecule has 0 fully saturated rings. The molecule has 3 rings (SSSR count). The molecule has 3 aromatic rings. The molecule has 1 aromatic carbocycles. The predicted molar refractivity (Wildman–Crippen MR) is 74.7 cm³/mol. The van der Waals surface area contributed by atoms with Crippen molar-refractivity contribution in [3.8, 4) is 5.69 Å². The van der Waals surface area contributed by atoms with Crippen LogP contribution in [0, 0.1) is 0 Å². The van der Waals surface area contributed by atoms with E-state index in [1.807, 2.05) is 30.3 Å². The monoisotopic (exact) mass is 268 g/mol. The van der Waals surface area contributed by atoms with Crippen molar-refractivity contribution in [3.63, 3.8) is 0 Å². The Morgan fingerprint density at radius 3 is 2.75 bits per heavy atom. The number of anilines is 1. The van der Waals surface area contributed by atoms with Crippen molar-refractivity contribution in [2.24, 2.45) is 0 Å². The van der Waals surface area contributed by atoms with Gasteiger partial charge in [0.25, 0.3) is 0 Å². The van der Waals surface area contributed by atoms with Crippen LogP contribution in [0.4, 0.5) is 5.82 Å². The molecule has 0 saturated heterocycles. The fourth-order valence-electron chi connectivity index (χ4n) is 2.01. The first-order chi connectivity index (χ1) is 9.70. The summed E-state index contributed by atoms with van der Waals surface area (Å²) in [7, 11) is 0. The topological polar surface area (TPSA) is 94.0 Å². The summed E-state index contributed by atoms with van der Waals surface area (Å²) in [6, 6.07) is 11.0. The third-order valence-corrected chi connectivity index (χ3v) is 3.02. The van der Waals surface area contributed by atoms with Crippen molar-refractivity contribution in [2.45, 2.75) is 0 Å². The summed E-state index contributed by atoms with van der Waals surface area (Å²) in [5.41, 5.74) is 7.69. The molecule has 0 atom stereocenters. The van der Waals surface area contributed by atoms with Gasteiger partial charge in [0.05, 0.1) is 11.9 Å². The zero-order valence-corrected chi connectivity index (χ0v) is 10.5. The molecule has 0 saturated carbocycles. The summed E-state index contributed by atoms with van der Waals surface area (Å²) in [5.74, 6) is -0.0145. The van der Waals surface area contributed by atoms with Gasteiger partial charge in [-0.1, -0.05) is 18.2 Å². The molecule has 0 aliphatic heterocycles. The fourth-order valence-corrected chi connectivity index (χ4v) is 2.01. The largest absolute Gasteiger partial charge is 0.388 e. The number of carbonyl (C=O) groups excluding carboxylic acids is 1. The van der Waals surface area contributed by atoms with Gasteiger partial charge in [0.1, 0.15) is 23.6 Å². The number of pyridine rings is 1. The van der Waals surface area contributed by atoms with Gasteiger partial charge in [-0.3, -0.25) is 9.78 Å². The van der Waals surface area contributed by atoms with Crippen molar-refractivity contribution in [1.82, 2.24) is 14.8 Å². The van der Waals surface area contributed by atoms with Crippen LogP contribution in [-0.4, -0.2) is 32.3 Å². The number of hydrogen-bond acceptors (Lipinski definition) is 5. The Labute approximate surface area is 114 Å². The Bertz CT molecular complexity index is 780. The zero-order valence-electron chi connectivity index (χ0n) is 10.5. The highest BCUT2D eigenvalue weighted by Gasteiger charge is 2.13. The van der Waals surface area contributed by atoms with Gasteiger partial charge in [-0.2, -0.15) is 5.10 Å². The third-order valence-electron chi connectivity index (χ3n) is 3.02. The number of aromatic nitrogens is 3. The molecule has 3 N–H and O–H groups in total. The maximum absolute atomic E-state index is 11.5. The van der Waals surface area contributed by atoms with Crippen molar-refractivity contribution < 1.29 is 9.90 Å². The highest BCUT2D eigenvalue weighted by atomic mass is 16.3. The quantitative estimate of drug-likeness (QED) is 0.695. The van der Waals surface area contributed by atoms with Gasteiger partial charge < -0.3 is 10.8 Å². The second-order valence-corrected chi connectivity index (χ2v) is 4.30. The minimum absolute atomic E-state index is 0.180. The number of fused-ring (bicyclic) bond motifs is 1. The molecule has 6 heteroatoms. The van der Waals surface area contributed by atoms with E-state index in [1.54, 1.807) is 10.7 Å². The van der Waals surface area contributed by atoms with Crippen LogP contribution < -0.4 is 5.73 Å². The van der Waals surface area contributed by atoms with Crippen LogP contribution in [0.15, 0.2) is 42.6 Å². The summed E-state index contributed by atoms with van der Waals surface area (Å²) in [6.07, 6.45) is 1.48. The second kappa shape index (κ2) is 4.75. The summed E-state index contributed by atoms with van der Waals surface area (Å²) in [5, 5.41) is 13.9. The number of hydrogen-bond donors (Lipinski definition) is 2. The maximum atomic E-state index is 11.5. The summed E-state index contributed by atoms with van der Waals surface area (Å²) < 4.78 is 1.60. The fraction of sp³-hybridized carbons (Fsp3) is 0.0714. The van der Waals surface area contributed by atoms with Crippen LogP contribution in [0.2, 0.25) is 0 Å². The smallest absolute Gasteiger partial charge is 0.206 e. The molecule has 20 heavy (non-hydrogen) atoms. The van der Waals surface area contributed by atoms with Crippen LogP contribution in [0.3, 0.4) is 0 Å². The van der Waals surface area contributed by atoms with Gasteiger partial charge in [-0.25, -0.2) is 4.68 Å². The Balaban J connectivity index is 2.18. The molecule has 0 radical (unpaired) electrons. The molecule has 6 nitrogen and oxygen atoms in total. The summed E-state index contributed by atoms with van der Waals surface area (Å²) >= 11 is 0. The van der Waals surface area contributed by atoms with E-state index in [2.05, 4.69) is 10.1 Å². The number of nitrogens with two attached hydrogens (primary N) is 1. The van der Waals surface area contributed by atoms with Crippen LogP contribution >= 0.6 is 0 Å². The van der Waals surface area contributed by atoms with Crippen molar-refractivity contribution in [1.29, 1.82) is 0 Å². The minimum atomic E-state index is -0.578. The van der Waals surface area contributed by atoms with Gasteiger partial charge in [0, 0.05) is 5.39 Å². The lowest BCUT2D eigenvalue weighted by Gasteiger charge is -2.02. The van der Waals surface area contributed by atoms with Gasteiger partial charge in [-0.15, -0.1) is 0 Å². The van der Waals surface area contributed by atoms with E-state index in [9.17, 15) is 4.79 Å². The third kappa shape index (κ3) is 1.92. The Hall–Kier alpha value is -2.73. The first-order valence-electron chi connectivity index (χ1n) is 6.04. The number of rotatable bonds is 3.